The maximum Gasteiger partial charge on any atom is 0.334 e. The quantitative estimate of drug-likeness (QED) is 0.283. The predicted octanol–water partition coefficient (Wildman–Crippen LogP) is 2.45. The van der Waals surface area contributed by atoms with E-state index in [0.717, 1.165) is 12.5 Å². The number of hydrogen-bond acceptors (Lipinski definition) is 3. The molecule has 0 aromatic rings. The average Bonchev–Trinajstić information content (AvgIpc) is 2.23. The van der Waals surface area contributed by atoms with Crippen molar-refractivity contribution in [1.29, 1.82) is 0 Å². The minimum atomic E-state index is -1.89. The fourth-order valence-corrected chi connectivity index (χ4v) is 2.30. The Hall–Kier alpha value is -0.543. The van der Waals surface area contributed by atoms with E-state index in [0.29, 0.717) is 6.61 Å². The van der Waals surface area contributed by atoms with Gasteiger partial charge in [0.05, 0.1) is 6.61 Å². The van der Waals surface area contributed by atoms with Crippen LogP contribution in [0.1, 0.15) is 13.3 Å². The largest absolute Gasteiger partial charge is 0.493 e. The summed E-state index contributed by atoms with van der Waals surface area (Å²) < 4.78 is 15.9. The second-order valence-corrected chi connectivity index (χ2v) is 6.67. The lowest BCUT2D eigenvalue weighted by Crippen LogP contribution is -2.36. The summed E-state index contributed by atoms with van der Waals surface area (Å²) in [5.74, 6) is 0. The van der Waals surface area contributed by atoms with Crippen molar-refractivity contribution in [3.63, 3.8) is 0 Å². The van der Waals surface area contributed by atoms with E-state index in [1.54, 1.807) is 20.5 Å². The van der Waals surface area contributed by atoms with Crippen LogP contribution >= 0.6 is 0 Å². The standard InChI is InChI=1S/C10H20O3Si/c1-5-6-8-13-9-7-10-14(4,11-2)12-3/h5,8H,7,9-10H2,1-4H3. The van der Waals surface area contributed by atoms with Crippen molar-refractivity contribution in [1.82, 2.24) is 0 Å². The molecule has 0 fully saturated rings. The van der Waals surface area contributed by atoms with E-state index in [1.165, 1.54) is 0 Å². The molecule has 3 nitrogen and oxygen atoms in total. The molecule has 0 aromatic heterocycles. The molecule has 4 heteroatoms. The molecule has 0 N–H and O–H groups in total. The van der Waals surface area contributed by atoms with E-state index in [4.69, 9.17) is 13.6 Å². The predicted molar refractivity (Wildman–Crippen MR) is 59.3 cm³/mol. The normalized spacial score (nSPS) is 10.6. The third kappa shape index (κ3) is 5.99. The molecule has 0 spiro atoms. The first-order chi connectivity index (χ1) is 6.68. The van der Waals surface area contributed by atoms with E-state index in [9.17, 15) is 0 Å². The molecule has 0 rings (SSSR count). The summed E-state index contributed by atoms with van der Waals surface area (Å²) in [6.45, 7) is 4.64. The van der Waals surface area contributed by atoms with Gasteiger partial charge in [0.25, 0.3) is 0 Å². The van der Waals surface area contributed by atoms with Crippen LogP contribution in [0.2, 0.25) is 12.6 Å². The van der Waals surface area contributed by atoms with E-state index in [-0.39, 0.29) is 0 Å². The van der Waals surface area contributed by atoms with Gasteiger partial charge >= 0.3 is 8.56 Å². The molecule has 0 radical (unpaired) electrons. The molecule has 82 valence electrons. The van der Waals surface area contributed by atoms with Crippen molar-refractivity contribution < 1.29 is 13.6 Å². The third-order valence-corrected chi connectivity index (χ3v) is 5.06. The van der Waals surface area contributed by atoms with Crippen molar-refractivity contribution in [2.45, 2.75) is 25.9 Å². The minimum Gasteiger partial charge on any atom is -0.493 e. The molecule has 0 bridgehead atoms. The van der Waals surface area contributed by atoms with E-state index in [2.05, 4.69) is 12.3 Å². The van der Waals surface area contributed by atoms with Crippen molar-refractivity contribution in [2.75, 3.05) is 20.8 Å². The molecule has 0 atom stereocenters. The van der Waals surface area contributed by atoms with Crippen LogP contribution in [0, 0.1) is 0 Å². The van der Waals surface area contributed by atoms with Gasteiger partial charge in [0.15, 0.2) is 0 Å². The zero-order chi connectivity index (χ0) is 10.9. The highest BCUT2D eigenvalue weighted by Crippen LogP contribution is 2.13. The lowest BCUT2D eigenvalue weighted by molar-refractivity contribution is 0.225. The van der Waals surface area contributed by atoms with Gasteiger partial charge in [0.1, 0.15) is 6.26 Å². The Morgan fingerprint density at radius 1 is 1.29 bits per heavy atom. The van der Waals surface area contributed by atoms with Crippen molar-refractivity contribution in [2.24, 2.45) is 0 Å². The Morgan fingerprint density at radius 3 is 2.43 bits per heavy atom. The van der Waals surface area contributed by atoms with E-state index >= 15 is 0 Å². The van der Waals surface area contributed by atoms with Gasteiger partial charge in [0, 0.05) is 14.2 Å². The molecule has 0 aliphatic heterocycles. The van der Waals surface area contributed by atoms with Gasteiger partial charge in [-0.1, -0.05) is 5.73 Å². The minimum absolute atomic E-state index is 0.691. The van der Waals surface area contributed by atoms with Gasteiger partial charge in [0.2, 0.25) is 0 Å². The van der Waals surface area contributed by atoms with Gasteiger partial charge in [-0.15, -0.1) is 0 Å². The van der Waals surface area contributed by atoms with Crippen LogP contribution in [-0.2, 0) is 13.6 Å². The van der Waals surface area contributed by atoms with Crippen molar-refractivity contribution in [3.05, 3.63) is 18.1 Å². The number of allylic oxidation sites excluding steroid dienone is 1. The summed E-state index contributed by atoms with van der Waals surface area (Å²) in [4.78, 5) is 0. The Bertz CT molecular complexity index is 194. The first kappa shape index (κ1) is 13.5. The van der Waals surface area contributed by atoms with Crippen LogP contribution < -0.4 is 0 Å². The summed E-state index contributed by atoms with van der Waals surface area (Å²) >= 11 is 0. The van der Waals surface area contributed by atoms with Crippen molar-refractivity contribution >= 4 is 8.56 Å². The Balaban J connectivity index is 3.57. The van der Waals surface area contributed by atoms with Gasteiger partial charge in [-0.3, -0.25) is 0 Å². The van der Waals surface area contributed by atoms with Gasteiger partial charge in [-0.25, -0.2) is 0 Å². The Kier molecular flexibility index (Phi) is 7.52. The number of rotatable bonds is 7. The van der Waals surface area contributed by atoms with Gasteiger partial charge in [-0.05, 0) is 32.0 Å². The zero-order valence-electron chi connectivity index (χ0n) is 9.50. The first-order valence-corrected chi connectivity index (χ1v) is 7.28. The van der Waals surface area contributed by atoms with Crippen LogP contribution in [0.3, 0.4) is 0 Å². The Morgan fingerprint density at radius 2 is 1.93 bits per heavy atom. The van der Waals surface area contributed by atoms with E-state index < -0.39 is 8.56 Å². The average molecular weight is 216 g/mol. The molecule has 0 unspecified atom stereocenters. The molecule has 0 saturated carbocycles. The highest BCUT2D eigenvalue weighted by molar-refractivity contribution is 6.65. The summed E-state index contributed by atoms with van der Waals surface area (Å²) in [7, 11) is 1.52. The van der Waals surface area contributed by atoms with E-state index in [1.807, 2.05) is 13.0 Å². The summed E-state index contributed by atoms with van der Waals surface area (Å²) in [5, 5.41) is 0. The molecule has 0 aromatic carbocycles. The third-order valence-electron chi connectivity index (χ3n) is 2.07. The van der Waals surface area contributed by atoms with Crippen LogP contribution in [0.15, 0.2) is 18.1 Å². The lowest BCUT2D eigenvalue weighted by Gasteiger charge is -2.22. The van der Waals surface area contributed by atoms with Gasteiger partial charge in [-0.2, -0.15) is 0 Å². The van der Waals surface area contributed by atoms with Crippen LogP contribution in [0.25, 0.3) is 0 Å². The smallest absolute Gasteiger partial charge is 0.334 e. The van der Waals surface area contributed by atoms with Crippen LogP contribution in [0.4, 0.5) is 0 Å². The highest BCUT2D eigenvalue weighted by Gasteiger charge is 2.27. The molecular weight excluding hydrogens is 196 g/mol. The molecule has 0 heterocycles. The topological polar surface area (TPSA) is 27.7 Å². The SMILES string of the molecule is CC=C=COCCC[Si](C)(OC)OC. The lowest BCUT2D eigenvalue weighted by atomic mass is 10.5. The number of ether oxygens (including phenoxy) is 1. The highest BCUT2D eigenvalue weighted by atomic mass is 28.4. The molecule has 0 amide bonds. The van der Waals surface area contributed by atoms with Crippen molar-refractivity contribution in [3.8, 4) is 0 Å². The monoisotopic (exact) mass is 216 g/mol. The number of hydrogen-bond donors (Lipinski definition) is 0. The van der Waals surface area contributed by atoms with Crippen LogP contribution in [0.5, 0.6) is 0 Å². The van der Waals surface area contributed by atoms with Crippen LogP contribution in [-0.4, -0.2) is 29.4 Å². The second kappa shape index (κ2) is 7.82. The summed E-state index contributed by atoms with van der Waals surface area (Å²) in [6, 6.07) is 0.948. The fourth-order valence-electron chi connectivity index (χ4n) is 0.939. The molecule has 0 aliphatic carbocycles. The molecule has 14 heavy (non-hydrogen) atoms. The molecular formula is C10H20O3Si. The maximum absolute atomic E-state index is 5.34. The zero-order valence-corrected chi connectivity index (χ0v) is 10.5. The first-order valence-electron chi connectivity index (χ1n) is 4.76. The van der Waals surface area contributed by atoms with Gasteiger partial charge < -0.3 is 13.6 Å². The summed E-state index contributed by atoms with van der Waals surface area (Å²) in [5.41, 5.74) is 2.85. The molecule has 0 aliphatic rings. The second-order valence-electron chi connectivity index (χ2n) is 3.09. The summed E-state index contributed by atoms with van der Waals surface area (Å²) in [6.07, 6.45) is 4.34. The Labute approximate surface area is 87.6 Å². The fraction of sp³-hybridized carbons (Fsp3) is 0.700. The molecule has 0 saturated heterocycles. The maximum atomic E-state index is 5.34.